The highest BCUT2D eigenvalue weighted by Crippen LogP contribution is 2.18. The molecule has 0 aliphatic rings. The Kier molecular flexibility index (Phi) is 4.78. The number of benzene rings is 2. The molecule has 0 saturated carbocycles. The first-order valence-electron chi connectivity index (χ1n) is 8.97. The molecular weight excluding hydrogens is 394 g/mol. The minimum Gasteiger partial charge on any atom is -0.344 e. The van der Waals surface area contributed by atoms with Crippen LogP contribution in [0.1, 0.15) is 15.9 Å². The van der Waals surface area contributed by atoms with Crippen LogP contribution in [0.3, 0.4) is 0 Å². The minimum atomic E-state index is -1.11. The highest BCUT2D eigenvalue weighted by Gasteiger charge is 2.20. The second kappa shape index (κ2) is 7.43. The van der Waals surface area contributed by atoms with Gasteiger partial charge < -0.3 is 14.9 Å². The van der Waals surface area contributed by atoms with Gasteiger partial charge >= 0.3 is 5.69 Å². The largest absolute Gasteiger partial charge is 0.344 e. The Morgan fingerprint density at radius 2 is 1.80 bits per heavy atom. The maximum Gasteiger partial charge on any atom is 0.329 e. The minimum absolute atomic E-state index is 0.0262. The molecule has 0 saturated heterocycles. The number of carbonyl (C=O) groups is 1. The fraction of sp³-hybridized carbons (Fsp3) is 0.0952. The molecule has 0 aliphatic heterocycles. The predicted molar refractivity (Wildman–Crippen MR) is 108 cm³/mol. The molecular formula is C21H16F2N4O3. The number of aromatic nitrogens is 3. The molecule has 152 valence electrons. The zero-order valence-corrected chi connectivity index (χ0v) is 15.8. The van der Waals surface area contributed by atoms with E-state index in [1.54, 1.807) is 31.3 Å². The van der Waals surface area contributed by atoms with Crippen molar-refractivity contribution in [2.24, 2.45) is 7.05 Å². The van der Waals surface area contributed by atoms with Gasteiger partial charge in [0.25, 0.3) is 11.5 Å². The fourth-order valence-electron chi connectivity index (χ4n) is 3.26. The van der Waals surface area contributed by atoms with Crippen LogP contribution in [0, 0.1) is 11.6 Å². The summed E-state index contributed by atoms with van der Waals surface area (Å²) < 4.78 is 29.0. The van der Waals surface area contributed by atoms with Crippen LogP contribution in [0.2, 0.25) is 0 Å². The summed E-state index contributed by atoms with van der Waals surface area (Å²) in [5, 5.41) is 2.44. The summed E-state index contributed by atoms with van der Waals surface area (Å²) in [4.78, 5) is 40.8. The molecule has 4 rings (SSSR count). The molecule has 0 atom stereocenters. The van der Waals surface area contributed by atoms with Crippen molar-refractivity contribution in [3.63, 3.8) is 0 Å². The smallest absolute Gasteiger partial charge is 0.329 e. The lowest BCUT2D eigenvalue weighted by Crippen LogP contribution is -2.36. The molecule has 2 aromatic carbocycles. The summed E-state index contributed by atoms with van der Waals surface area (Å²) in [6, 6.07) is 12.0. The highest BCUT2D eigenvalue weighted by molar-refractivity contribution is 6.11. The van der Waals surface area contributed by atoms with Crippen molar-refractivity contribution in [2.75, 3.05) is 5.32 Å². The SMILES string of the molecule is Cn1cc(C(=O)Nc2ccc(F)c(F)c2)c2[nH]c(=O)n(Cc3ccccc3)c(=O)c21. The maximum atomic E-state index is 13.4. The van der Waals surface area contributed by atoms with Crippen LogP contribution in [-0.2, 0) is 13.6 Å². The van der Waals surface area contributed by atoms with E-state index in [4.69, 9.17) is 0 Å². The van der Waals surface area contributed by atoms with Gasteiger partial charge in [-0.3, -0.25) is 14.2 Å². The molecule has 0 aliphatic carbocycles. The zero-order chi connectivity index (χ0) is 21.4. The van der Waals surface area contributed by atoms with E-state index in [2.05, 4.69) is 10.3 Å². The van der Waals surface area contributed by atoms with Crippen LogP contribution in [0.4, 0.5) is 14.5 Å². The van der Waals surface area contributed by atoms with Crippen LogP contribution in [0.5, 0.6) is 0 Å². The molecule has 30 heavy (non-hydrogen) atoms. The first-order valence-corrected chi connectivity index (χ1v) is 8.97. The van der Waals surface area contributed by atoms with E-state index in [1.165, 1.54) is 16.8 Å². The number of halogens is 2. The standard InChI is InChI=1S/C21H16F2N4O3/c1-26-11-14(19(28)24-13-7-8-15(22)16(23)9-13)17-18(26)20(29)27(21(30)25-17)10-12-5-3-2-4-6-12/h2-9,11H,10H2,1H3,(H,24,28)(H,25,30). The van der Waals surface area contributed by atoms with Crippen LogP contribution >= 0.6 is 0 Å². The number of rotatable bonds is 4. The summed E-state index contributed by atoms with van der Waals surface area (Å²) in [5.41, 5.74) is -0.168. The number of carbonyl (C=O) groups excluding carboxylic acids is 1. The number of nitrogens with zero attached hydrogens (tertiary/aromatic N) is 2. The fourth-order valence-corrected chi connectivity index (χ4v) is 3.26. The van der Waals surface area contributed by atoms with Crippen molar-refractivity contribution < 1.29 is 13.6 Å². The Balaban J connectivity index is 1.75. The summed E-state index contributed by atoms with van der Waals surface area (Å²) >= 11 is 0. The first-order chi connectivity index (χ1) is 14.3. The Morgan fingerprint density at radius 3 is 2.50 bits per heavy atom. The number of aromatic amines is 1. The highest BCUT2D eigenvalue weighted by atomic mass is 19.2. The van der Waals surface area contributed by atoms with Gasteiger partial charge in [0.2, 0.25) is 0 Å². The average molecular weight is 410 g/mol. The molecule has 0 fully saturated rings. The van der Waals surface area contributed by atoms with Crippen LogP contribution in [-0.4, -0.2) is 20.0 Å². The van der Waals surface area contributed by atoms with Gasteiger partial charge in [-0.05, 0) is 17.7 Å². The lowest BCUT2D eigenvalue weighted by atomic mass is 10.2. The average Bonchev–Trinajstić information content (AvgIpc) is 3.05. The van der Waals surface area contributed by atoms with E-state index in [9.17, 15) is 23.2 Å². The Labute approximate surface area is 168 Å². The van der Waals surface area contributed by atoms with Crippen LogP contribution in [0.15, 0.2) is 64.3 Å². The Bertz CT molecular complexity index is 1390. The second-order valence-electron chi connectivity index (χ2n) is 6.77. The van der Waals surface area contributed by atoms with Crippen molar-refractivity contribution in [1.82, 2.24) is 14.1 Å². The number of nitrogens with one attached hydrogen (secondary N) is 2. The Hall–Kier alpha value is -4.01. The second-order valence-corrected chi connectivity index (χ2v) is 6.77. The van der Waals surface area contributed by atoms with Crippen molar-refractivity contribution in [3.8, 4) is 0 Å². The van der Waals surface area contributed by atoms with Crippen LogP contribution in [0.25, 0.3) is 11.0 Å². The van der Waals surface area contributed by atoms with E-state index in [1.807, 2.05) is 6.07 Å². The monoisotopic (exact) mass is 410 g/mol. The number of hydrogen-bond donors (Lipinski definition) is 2. The van der Waals surface area contributed by atoms with E-state index in [0.29, 0.717) is 0 Å². The third-order valence-electron chi connectivity index (χ3n) is 4.71. The number of amides is 1. The zero-order valence-electron chi connectivity index (χ0n) is 15.8. The van der Waals surface area contributed by atoms with Crippen molar-refractivity contribution in [3.05, 3.63) is 98.3 Å². The molecule has 9 heteroatoms. The quantitative estimate of drug-likeness (QED) is 0.542. The van der Waals surface area contributed by atoms with E-state index in [0.717, 1.165) is 22.3 Å². The first kappa shape index (κ1) is 19.3. The molecule has 0 unspecified atom stereocenters. The summed E-state index contributed by atoms with van der Waals surface area (Å²) in [6.07, 6.45) is 1.39. The molecule has 0 spiro atoms. The number of hydrogen-bond acceptors (Lipinski definition) is 3. The van der Waals surface area contributed by atoms with Crippen molar-refractivity contribution in [1.29, 1.82) is 0 Å². The normalized spacial score (nSPS) is 11.0. The van der Waals surface area contributed by atoms with Gasteiger partial charge in [0.15, 0.2) is 11.6 Å². The molecule has 2 aromatic heterocycles. The number of H-pyrrole nitrogens is 1. The number of fused-ring (bicyclic) bond motifs is 1. The lowest BCUT2D eigenvalue weighted by molar-refractivity contribution is 0.102. The predicted octanol–water partition coefficient (Wildman–Crippen LogP) is 2.61. The maximum absolute atomic E-state index is 13.4. The molecule has 1 amide bonds. The Morgan fingerprint density at radius 1 is 1.07 bits per heavy atom. The molecule has 2 heterocycles. The molecule has 0 bridgehead atoms. The van der Waals surface area contributed by atoms with E-state index < -0.39 is 28.8 Å². The van der Waals surface area contributed by atoms with Gasteiger partial charge in [0, 0.05) is 25.0 Å². The summed E-state index contributed by atoms with van der Waals surface area (Å²) in [5.74, 6) is -2.83. The molecule has 2 N–H and O–H groups in total. The number of aryl methyl sites for hydroxylation is 1. The number of anilines is 1. The van der Waals surface area contributed by atoms with Crippen molar-refractivity contribution in [2.45, 2.75) is 6.54 Å². The van der Waals surface area contributed by atoms with Gasteiger partial charge in [-0.15, -0.1) is 0 Å². The van der Waals surface area contributed by atoms with Gasteiger partial charge in [0.1, 0.15) is 5.52 Å². The molecule has 0 radical (unpaired) electrons. The van der Waals surface area contributed by atoms with Crippen molar-refractivity contribution >= 4 is 22.6 Å². The molecule has 4 aromatic rings. The lowest BCUT2D eigenvalue weighted by Gasteiger charge is -2.07. The van der Waals surface area contributed by atoms with Gasteiger partial charge in [-0.1, -0.05) is 30.3 Å². The van der Waals surface area contributed by atoms with Crippen LogP contribution < -0.4 is 16.6 Å². The summed E-state index contributed by atoms with van der Waals surface area (Å²) in [7, 11) is 1.57. The van der Waals surface area contributed by atoms with Gasteiger partial charge in [-0.2, -0.15) is 0 Å². The third-order valence-corrected chi connectivity index (χ3v) is 4.71. The van der Waals surface area contributed by atoms with Gasteiger partial charge in [-0.25, -0.2) is 13.6 Å². The molecule has 7 nitrogen and oxygen atoms in total. The third kappa shape index (κ3) is 3.41. The topological polar surface area (TPSA) is 88.9 Å². The van der Waals surface area contributed by atoms with E-state index >= 15 is 0 Å². The summed E-state index contributed by atoms with van der Waals surface area (Å²) in [6.45, 7) is 0.0759. The van der Waals surface area contributed by atoms with Gasteiger partial charge in [0.05, 0.1) is 17.6 Å². The van der Waals surface area contributed by atoms with E-state index in [-0.39, 0.29) is 28.8 Å².